The molecule has 0 radical (unpaired) electrons. The number of anilines is 2. The quantitative estimate of drug-likeness (QED) is 0.444. The molecule has 2 aromatic heterocycles. The van der Waals surface area contributed by atoms with Gasteiger partial charge < -0.3 is 16.0 Å². The molecule has 2 aliphatic carbocycles. The van der Waals surface area contributed by atoms with Crippen molar-refractivity contribution in [2.45, 2.75) is 44.7 Å². The van der Waals surface area contributed by atoms with Crippen molar-refractivity contribution in [3.05, 3.63) is 17.5 Å². The number of imide groups is 1. The Kier molecular flexibility index (Phi) is 3.52. The Labute approximate surface area is 154 Å². The van der Waals surface area contributed by atoms with Gasteiger partial charge in [-0.05, 0) is 44.6 Å². The molecule has 0 unspecified atom stereocenters. The van der Waals surface area contributed by atoms with Gasteiger partial charge in [-0.25, -0.2) is 4.79 Å². The molecule has 140 valence electrons. The Hall–Kier alpha value is -3.17. The van der Waals surface area contributed by atoms with E-state index in [1.807, 2.05) is 0 Å². The molecule has 2 aromatic rings. The fourth-order valence-electron chi connectivity index (χ4n) is 3.12. The summed E-state index contributed by atoms with van der Waals surface area (Å²) in [4.78, 5) is 32.4. The molecule has 3 fully saturated rings. The second-order valence-corrected chi connectivity index (χ2v) is 7.36. The largest absolute Gasteiger partial charge is 0.351 e. The molecule has 27 heavy (non-hydrogen) atoms. The Morgan fingerprint density at radius 1 is 1.22 bits per heavy atom. The Balaban J connectivity index is 1.54. The summed E-state index contributed by atoms with van der Waals surface area (Å²) in [6.07, 6.45) is 7.85. The van der Waals surface area contributed by atoms with E-state index in [-0.39, 0.29) is 5.70 Å². The third kappa shape index (κ3) is 3.18. The average Bonchev–Trinajstić information content (AvgIpc) is 3.53. The second kappa shape index (κ2) is 5.93. The average molecular weight is 368 g/mol. The molecule has 0 spiro atoms. The van der Waals surface area contributed by atoms with Gasteiger partial charge in [0, 0.05) is 17.6 Å². The molecule has 1 saturated heterocycles. The van der Waals surface area contributed by atoms with Gasteiger partial charge in [0.15, 0.2) is 5.65 Å². The topological polar surface area (TPSA) is 125 Å². The first-order valence-corrected chi connectivity index (χ1v) is 9.20. The van der Waals surface area contributed by atoms with Gasteiger partial charge in [-0.2, -0.15) is 19.6 Å². The number of hydrogen-bond donors (Lipinski definition) is 4. The molecular weight excluding hydrogens is 348 g/mol. The fourth-order valence-corrected chi connectivity index (χ4v) is 3.12. The van der Waals surface area contributed by atoms with Crippen LogP contribution in [0.25, 0.3) is 11.7 Å². The monoisotopic (exact) mass is 368 g/mol. The minimum atomic E-state index is -0.533. The summed E-state index contributed by atoms with van der Waals surface area (Å²) >= 11 is 0. The molecule has 2 saturated carbocycles. The number of amides is 3. The van der Waals surface area contributed by atoms with Crippen LogP contribution in [0.2, 0.25) is 0 Å². The van der Waals surface area contributed by atoms with Crippen LogP contribution in [-0.2, 0) is 4.79 Å². The molecule has 3 heterocycles. The van der Waals surface area contributed by atoms with E-state index in [0.29, 0.717) is 41.1 Å². The minimum Gasteiger partial charge on any atom is -0.351 e. The van der Waals surface area contributed by atoms with Crippen molar-refractivity contribution in [3.63, 3.8) is 0 Å². The summed E-state index contributed by atoms with van der Waals surface area (Å²) in [7, 11) is 0. The zero-order chi connectivity index (χ0) is 18.5. The lowest BCUT2D eigenvalue weighted by molar-refractivity contribution is -0.115. The molecule has 3 amide bonds. The zero-order valence-corrected chi connectivity index (χ0v) is 14.8. The predicted molar refractivity (Wildman–Crippen MR) is 97.9 cm³/mol. The van der Waals surface area contributed by atoms with Crippen LogP contribution in [0.3, 0.4) is 0 Å². The highest BCUT2D eigenvalue weighted by molar-refractivity contribution is 6.14. The van der Waals surface area contributed by atoms with Crippen LogP contribution < -0.4 is 21.3 Å². The number of carbonyl (C=O) groups excluding carboxylic acids is 2. The van der Waals surface area contributed by atoms with Gasteiger partial charge in [0.1, 0.15) is 5.70 Å². The lowest BCUT2D eigenvalue weighted by Crippen LogP contribution is -2.22. The molecule has 1 atom stereocenters. The standard InChI is InChI=1S/C17H20N8O2/c1-8(9-2-3-9)19-15-22-13-10(6-12-14(26)23-17(27)21-12)7-18-25(13)16(24-15)20-11-4-5-11/h6-9,11H,2-5H2,1H3,(H2,19,20,22,24)(H2,21,23,26,27)/b12-6-/t8-/m1/s1. The van der Waals surface area contributed by atoms with Gasteiger partial charge in [0.25, 0.3) is 5.91 Å². The number of carbonyl (C=O) groups is 2. The maximum atomic E-state index is 11.8. The summed E-state index contributed by atoms with van der Waals surface area (Å²) in [6.45, 7) is 2.14. The van der Waals surface area contributed by atoms with Crippen molar-refractivity contribution < 1.29 is 9.59 Å². The van der Waals surface area contributed by atoms with Crippen molar-refractivity contribution in [1.29, 1.82) is 0 Å². The van der Waals surface area contributed by atoms with E-state index in [2.05, 4.69) is 43.3 Å². The van der Waals surface area contributed by atoms with Crippen LogP contribution in [0.5, 0.6) is 0 Å². The number of fused-ring (bicyclic) bond motifs is 1. The summed E-state index contributed by atoms with van der Waals surface area (Å²) in [6, 6.07) is 0.169. The van der Waals surface area contributed by atoms with Crippen molar-refractivity contribution in [2.75, 3.05) is 10.6 Å². The molecule has 5 rings (SSSR count). The molecule has 1 aliphatic heterocycles. The maximum absolute atomic E-state index is 11.8. The van der Waals surface area contributed by atoms with Crippen molar-refractivity contribution in [3.8, 4) is 0 Å². The van der Waals surface area contributed by atoms with E-state index >= 15 is 0 Å². The number of nitrogens with zero attached hydrogens (tertiary/aromatic N) is 4. The molecule has 0 aromatic carbocycles. The van der Waals surface area contributed by atoms with Gasteiger partial charge in [0.05, 0.1) is 6.20 Å². The Bertz CT molecular complexity index is 973. The highest BCUT2D eigenvalue weighted by Gasteiger charge is 2.29. The number of urea groups is 1. The molecule has 10 heteroatoms. The van der Waals surface area contributed by atoms with Crippen molar-refractivity contribution in [2.24, 2.45) is 5.92 Å². The van der Waals surface area contributed by atoms with E-state index in [1.54, 1.807) is 16.8 Å². The number of hydrogen-bond acceptors (Lipinski definition) is 7. The summed E-state index contributed by atoms with van der Waals surface area (Å²) in [5.41, 5.74) is 1.37. The third-order valence-electron chi connectivity index (χ3n) is 5.01. The van der Waals surface area contributed by atoms with E-state index < -0.39 is 11.9 Å². The van der Waals surface area contributed by atoms with Crippen LogP contribution in [0, 0.1) is 5.92 Å². The van der Waals surface area contributed by atoms with Gasteiger partial charge in [0.2, 0.25) is 11.9 Å². The second-order valence-electron chi connectivity index (χ2n) is 7.36. The fraction of sp³-hybridized carbons (Fsp3) is 0.471. The lowest BCUT2D eigenvalue weighted by Gasteiger charge is -2.14. The Morgan fingerprint density at radius 2 is 2.04 bits per heavy atom. The van der Waals surface area contributed by atoms with Crippen LogP contribution in [0.15, 0.2) is 11.9 Å². The zero-order valence-electron chi connectivity index (χ0n) is 14.8. The van der Waals surface area contributed by atoms with Gasteiger partial charge in [-0.15, -0.1) is 0 Å². The van der Waals surface area contributed by atoms with Crippen molar-refractivity contribution >= 4 is 35.6 Å². The SMILES string of the molecule is C[C@@H](Nc1nc(NC2CC2)n2ncc(/C=C3\NC(=O)NC3=O)c2n1)C1CC1. The van der Waals surface area contributed by atoms with Crippen LogP contribution >= 0.6 is 0 Å². The summed E-state index contributed by atoms with van der Waals surface area (Å²) in [5, 5.41) is 15.8. The van der Waals surface area contributed by atoms with Gasteiger partial charge in [-0.3, -0.25) is 10.1 Å². The first kappa shape index (κ1) is 16.0. The maximum Gasteiger partial charge on any atom is 0.326 e. The lowest BCUT2D eigenvalue weighted by atomic mass is 10.2. The molecule has 0 bridgehead atoms. The van der Waals surface area contributed by atoms with Gasteiger partial charge in [-0.1, -0.05) is 0 Å². The summed E-state index contributed by atoms with van der Waals surface area (Å²) < 4.78 is 1.63. The highest BCUT2D eigenvalue weighted by Crippen LogP contribution is 2.34. The Morgan fingerprint density at radius 3 is 2.70 bits per heavy atom. The minimum absolute atomic E-state index is 0.172. The number of rotatable bonds is 6. The first-order chi connectivity index (χ1) is 13.1. The molecule has 3 aliphatic rings. The highest BCUT2D eigenvalue weighted by atomic mass is 16.2. The van der Waals surface area contributed by atoms with E-state index in [4.69, 9.17) is 0 Å². The van der Waals surface area contributed by atoms with E-state index in [1.165, 1.54) is 12.8 Å². The first-order valence-electron chi connectivity index (χ1n) is 9.20. The van der Waals surface area contributed by atoms with Crippen LogP contribution in [0.4, 0.5) is 16.7 Å². The third-order valence-corrected chi connectivity index (χ3v) is 5.01. The number of aromatic nitrogens is 4. The predicted octanol–water partition coefficient (Wildman–Crippen LogP) is 1.09. The van der Waals surface area contributed by atoms with Crippen LogP contribution in [-0.4, -0.2) is 43.6 Å². The molecule has 4 N–H and O–H groups in total. The summed E-state index contributed by atoms with van der Waals surface area (Å²) in [5.74, 6) is 1.35. The number of nitrogens with one attached hydrogen (secondary N) is 4. The van der Waals surface area contributed by atoms with Crippen molar-refractivity contribution in [1.82, 2.24) is 30.2 Å². The van der Waals surface area contributed by atoms with E-state index in [0.717, 1.165) is 12.8 Å². The normalized spacial score (nSPS) is 22.0. The van der Waals surface area contributed by atoms with Gasteiger partial charge >= 0.3 is 6.03 Å². The smallest absolute Gasteiger partial charge is 0.326 e. The molecular formula is C17H20N8O2. The van der Waals surface area contributed by atoms with E-state index in [9.17, 15) is 9.59 Å². The van der Waals surface area contributed by atoms with Crippen LogP contribution in [0.1, 0.15) is 38.2 Å². The molecule has 10 nitrogen and oxygen atoms in total.